The largest absolute Gasteiger partial charge is 0.389 e. The van der Waals surface area contributed by atoms with Crippen LogP contribution >= 0.6 is 0 Å². The van der Waals surface area contributed by atoms with Crippen LogP contribution in [0.15, 0.2) is 24.3 Å². The van der Waals surface area contributed by atoms with E-state index in [0.29, 0.717) is 18.4 Å². The summed E-state index contributed by atoms with van der Waals surface area (Å²) in [5, 5.41) is 9.75. The lowest BCUT2D eigenvalue weighted by molar-refractivity contribution is 0.146. The topological polar surface area (TPSA) is 20.2 Å². The zero-order chi connectivity index (χ0) is 12.6. The molecule has 1 aliphatic rings. The number of rotatable bonds is 1. The van der Waals surface area contributed by atoms with Crippen LogP contribution in [-0.4, -0.2) is 11.2 Å². The molecular formula is C14H16F2O. The lowest BCUT2D eigenvalue weighted by Crippen LogP contribution is -2.24. The van der Waals surface area contributed by atoms with Crippen LogP contribution in [0.1, 0.15) is 32.3 Å². The molecular weight excluding hydrogens is 222 g/mol. The van der Waals surface area contributed by atoms with Crippen molar-refractivity contribution >= 4 is 5.57 Å². The molecule has 1 unspecified atom stereocenters. The Kier molecular flexibility index (Phi) is 3.04. The third kappa shape index (κ3) is 2.72. The Morgan fingerprint density at radius 2 is 2.00 bits per heavy atom. The Balaban J connectivity index is 2.39. The summed E-state index contributed by atoms with van der Waals surface area (Å²) in [5.41, 5.74) is 1.08. The molecule has 0 radical (unpaired) electrons. The van der Waals surface area contributed by atoms with Crippen LogP contribution in [0, 0.1) is 17.0 Å². The first-order valence-corrected chi connectivity index (χ1v) is 5.72. The van der Waals surface area contributed by atoms with E-state index in [-0.39, 0.29) is 5.41 Å². The second-order valence-electron chi connectivity index (χ2n) is 5.43. The molecule has 17 heavy (non-hydrogen) atoms. The molecule has 0 saturated carbocycles. The van der Waals surface area contributed by atoms with Gasteiger partial charge in [-0.15, -0.1) is 0 Å². The van der Waals surface area contributed by atoms with E-state index in [9.17, 15) is 13.9 Å². The standard InChI is InChI=1S/C14H16F2O/c1-14(2)7-9(5-11(17)8-14)12-4-3-10(15)6-13(12)16/h3-6,11,17H,7-8H2,1-2H3. The fraction of sp³-hybridized carbons (Fsp3) is 0.429. The molecule has 0 amide bonds. The minimum Gasteiger partial charge on any atom is -0.389 e. The first kappa shape index (κ1) is 12.2. The van der Waals surface area contributed by atoms with Gasteiger partial charge in [-0.3, -0.25) is 0 Å². The van der Waals surface area contributed by atoms with E-state index in [1.165, 1.54) is 12.1 Å². The zero-order valence-electron chi connectivity index (χ0n) is 10.0. The van der Waals surface area contributed by atoms with E-state index in [4.69, 9.17) is 0 Å². The molecule has 1 nitrogen and oxygen atoms in total. The lowest BCUT2D eigenvalue weighted by atomic mass is 9.74. The molecule has 1 aliphatic carbocycles. The molecule has 1 atom stereocenters. The maximum atomic E-state index is 13.7. The van der Waals surface area contributed by atoms with Gasteiger partial charge in [0.25, 0.3) is 0 Å². The monoisotopic (exact) mass is 238 g/mol. The average molecular weight is 238 g/mol. The van der Waals surface area contributed by atoms with Gasteiger partial charge >= 0.3 is 0 Å². The van der Waals surface area contributed by atoms with Crippen LogP contribution in [0.3, 0.4) is 0 Å². The molecule has 0 aliphatic heterocycles. The Morgan fingerprint density at radius 3 is 2.59 bits per heavy atom. The third-order valence-corrected chi connectivity index (χ3v) is 3.10. The van der Waals surface area contributed by atoms with E-state index in [1.54, 1.807) is 6.08 Å². The van der Waals surface area contributed by atoms with E-state index in [1.807, 2.05) is 13.8 Å². The van der Waals surface area contributed by atoms with Gasteiger partial charge in [0.05, 0.1) is 6.10 Å². The van der Waals surface area contributed by atoms with Crippen molar-refractivity contribution in [2.45, 2.75) is 32.8 Å². The highest BCUT2D eigenvalue weighted by Gasteiger charge is 2.29. The highest BCUT2D eigenvalue weighted by atomic mass is 19.1. The Morgan fingerprint density at radius 1 is 1.29 bits per heavy atom. The van der Waals surface area contributed by atoms with E-state index >= 15 is 0 Å². The zero-order valence-corrected chi connectivity index (χ0v) is 10.0. The third-order valence-electron chi connectivity index (χ3n) is 3.10. The van der Waals surface area contributed by atoms with Crippen molar-refractivity contribution in [3.05, 3.63) is 41.5 Å². The Bertz CT molecular complexity index is 463. The smallest absolute Gasteiger partial charge is 0.133 e. The van der Waals surface area contributed by atoms with Gasteiger partial charge in [-0.25, -0.2) is 8.78 Å². The SMILES string of the molecule is CC1(C)CC(c2ccc(F)cc2F)=CC(O)C1. The minimum absolute atomic E-state index is 0.0652. The molecule has 1 aromatic carbocycles. The number of hydrogen-bond donors (Lipinski definition) is 1. The summed E-state index contributed by atoms with van der Waals surface area (Å²) in [6.07, 6.45) is 2.46. The predicted molar refractivity (Wildman–Crippen MR) is 63.4 cm³/mol. The van der Waals surface area contributed by atoms with Crippen LogP contribution in [0.2, 0.25) is 0 Å². The van der Waals surface area contributed by atoms with Gasteiger partial charge < -0.3 is 5.11 Å². The second kappa shape index (κ2) is 4.22. The van der Waals surface area contributed by atoms with Crippen LogP contribution in [0.5, 0.6) is 0 Å². The van der Waals surface area contributed by atoms with Crippen molar-refractivity contribution in [2.75, 3.05) is 0 Å². The molecule has 0 aromatic heterocycles. The van der Waals surface area contributed by atoms with Crippen molar-refractivity contribution in [3.63, 3.8) is 0 Å². The Hall–Kier alpha value is -1.22. The average Bonchev–Trinajstić information content (AvgIpc) is 2.13. The van der Waals surface area contributed by atoms with Gasteiger partial charge in [0.2, 0.25) is 0 Å². The number of aliphatic hydroxyl groups excluding tert-OH is 1. The normalized spacial score (nSPS) is 23.4. The first-order valence-electron chi connectivity index (χ1n) is 5.72. The molecule has 0 bridgehead atoms. The van der Waals surface area contributed by atoms with E-state index < -0.39 is 17.7 Å². The summed E-state index contributed by atoms with van der Waals surface area (Å²) in [6.45, 7) is 4.06. The van der Waals surface area contributed by atoms with Gasteiger partial charge in [-0.1, -0.05) is 19.9 Å². The maximum Gasteiger partial charge on any atom is 0.133 e. The number of halogens is 2. The molecule has 0 spiro atoms. The first-order chi connectivity index (χ1) is 7.87. The summed E-state index contributed by atoms with van der Waals surface area (Å²) >= 11 is 0. The summed E-state index contributed by atoms with van der Waals surface area (Å²) in [5.74, 6) is -1.15. The predicted octanol–water partition coefficient (Wildman–Crippen LogP) is 3.53. The number of hydrogen-bond acceptors (Lipinski definition) is 1. The molecule has 0 saturated heterocycles. The Labute approximate surface area is 99.8 Å². The quantitative estimate of drug-likeness (QED) is 0.793. The molecule has 92 valence electrons. The van der Waals surface area contributed by atoms with E-state index in [2.05, 4.69) is 0 Å². The van der Waals surface area contributed by atoms with Crippen LogP contribution in [0.25, 0.3) is 5.57 Å². The summed E-state index contributed by atoms with van der Waals surface area (Å²) in [6, 6.07) is 3.56. The van der Waals surface area contributed by atoms with Gasteiger partial charge in [-0.05, 0) is 36.0 Å². The van der Waals surface area contributed by atoms with Crippen molar-refractivity contribution < 1.29 is 13.9 Å². The van der Waals surface area contributed by atoms with Gasteiger partial charge in [0, 0.05) is 11.6 Å². The van der Waals surface area contributed by atoms with Crippen molar-refractivity contribution in [1.29, 1.82) is 0 Å². The highest BCUT2D eigenvalue weighted by Crippen LogP contribution is 2.40. The molecule has 0 heterocycles. The van der Waals surface area contributed by atoms with Crippen molar-refractivity contribution in [1.82, 2.24) is 0 Å². The lowest BCUT2D eigenvalue weighted by Gasteiger charge is -2.32. The molecule has 1 N–H and O–H groups in total. The van der Waals surface area contributed by atoms with Crippen LogP contribution in [0.4, 0.5) is 8.78 Å². The number of allylic oxidation sites excluding steroid dienone is 1. The number of benzene rings is 1. The van der Waals surface area contributed by atoms with Crippen molar-refractivity contribution in [3.8, 4) is 0 Å². The fourth-order valence-corrected chi connectivity index (χ4v) is 2.44. The van der Waals surface area contributed by atoms with Gasteiger partial charge in [-0.2, -0.15) is 0 Å². The highest BCUT2D eigenvalue weighted by molar-refractivity contribution is 5.68. The summed E-state index contributed by atoms with van der Waals surface area (Å²) in [4.78, 5) is 0. The summed E-state index contributed by atoms with van der Waals surface area (Å²) < 4.78 is 26.5. The molecule has 0 fully saturated rings. The maximum absolute atomic E-state index is 13.7. The van der Waals surface area contributed by atoms with Crippen molar-refractivity contribution in [2.24, 2.45) is 5.41 Å². The van der Waals surface area contributed by atoms with E-state index in [0.717, 1.165) is 11.6 Å². The summed E-state index contributed by atoms with van der Waals surface area (Å²) in [7, 11) is 0. The molecule has 3 heteroatoms. The van der Waals surface area contributed by atoms with Crippen LogP contribution in [-0.2, 0) is 0 Å². The minimum atomic E-state index is -0.581. The molecule has 2 rings (SSSR count). The molecule has 1 aromatic rings. The van der Waals surface area contributed by atoms with Crippen LogP contribution < -0.4 is 0 Å². The number of aliphatic hydroxyl groups is 1. The van der Waals surface area contributed by atoms with Gasteiger partial charge in [0.1, 0.15) is 11.6 Å². The fourth-order valence-electron chi connectivity index (χ4n) is 2.44. The second-order valence-corrected chi connectivity index (χ2v) is 5.43. The van der Waals surface area contributed by atoms with Gasteiger partial charge in [0.15, 0.2) is 0 Å².